The van der Waals surface area contributed by atoms with E-state index in [2.05, 4.69) is 10.6 Å². The molecule has 2 heterocycles. The number of carbonyl (C=O) groups excluding carboxylic acids is 2. The van der Waals surface area contributed by atoms with Crippen molar-refractivity contribution >= 4 is 40.8 Å². The number of nitrogens with zero attached hydrogens (tertiary/aromatic N) is 2. The Bertz CT molecular complexity index is 1220. The summed E-state index contributed by atoms with van der Waals surface area (Å²) in [5.41, 5.74) is 2.26. The first-order valence-corrected chi connectivity index (χ1v) is 13.9. The summed E-state index contributed by atoms with van der Waals surface area (Å²) < 4.78 is 73.0. The third-order valence-electron chi connectivity index (χ3n) is 4.69. The molecule has 0 saturated heterocycles. The van der Waals surface area contributed by atoms with Crippen molar-refractivity contribution in [2.45, 2.75) is 71.1 Å². The number of thioether (sulfide) groups is 2. The molecule has 0 aliphatic carbocycles. The maximum absolute atomic E-state index is 12.2. The number of alkyl halides is 6. The summed E-state index contributed by atoms with van der Waals surface area (Å²) in [6.07, 6.45) is -0.700. The number of hydrogen-bond donors (Lipinski definition) is 0. The molecule has 0 N–H and O–H groups in total. The minimum Gasteiger partial charge on any atom is -0.651 e. The van der Waals surface area contributed by atoms with E-state index in [1.54, 1.807) is 31.2 Å². The Morgan fingerprint density at radius 1 is 0.902 bits per heavy atom. The van der Waals surface area contributed by atoms with Crippen molar-refractivity contribution in [1.29, 1.82) is 0 Å². The topological polar surface area (TPSA) is 62.3 Å². The van der Waals surface area contributed by atoms with Crippen LogP contribution >= 0.6 is 23.5 Å². The summed E-state index contributed by atoms with van der Waals surface area (Å²) in [5, 5.41) is 8.16. The Hall–Kier alpha value is -2.34. The van der Waals surface area contributed by atoms with Gasteiger partial charge in [-0.2, -0.15) is 26.3 Å². The number of fused-ring (bicyclic) bond motifs is 1. The fourth-order valence-electron chi connectivity index (χ4n) is 2.81. The molecule has 0 atom stereocenters. The molecule has 0 fully saturated rings. The zero-order valence-corrected chi connectivity index (χ0v) is 25.7. The van der Waals surface area contributed by atoms with Crippen molar-refractivity contribution in [2.75, 3.05) is 0 Å². The van der Waals surface area contributed by atoms with Crippen molar-refractivity contribution < 1.29 is 53.0 Å². The Kier molecular flexibility index (Phi) is 16.6. The van der Waals surface area contributed by atoms with Crippen molar-refractivity contribution in [1.82, 2.24) is 0 Å². The molecule has 0 unspecified atom stereocenters. The second-order valence-electron chi connectivity index (χ2n) is 8.06. The number of halogens is 6. The Labute approximate surface area is 255 Å². The van der Waals surface area contributed by atoms with Crippen LogP contribution in [0.5, 0.6) is 0 Å². The average Bonchev–Trinajstić information content (AvgIpc) is 3.45. The molecule has 0 saturated carbocycles. The maximum Gasteiger partial charge on any atom is 2.00 e. The smallest absolute Gasteiger partial charge is 0.651 e. The normalized spacial score (nSPS) is 16.6. The summed E-state index contributed by atoms with van der Waals surface area (Å²) in [7, 11) is 0. The molecule has 13 heteroatoms. The van der Waals surface area contributed by atoms with Crippen LogP contribution in [-0.2, 0) is 26.7 Å². The molecule has 3 rings (SSSR count). The molecule has 41 heavy (non-hydrogen) atoms. The molecule has 0 bridgehead atoms. The fourth-order valence-corrected chi connectivity index (χ4v) is 4.68. The number of hydrogen-bond acceptors (Lipinski definition) is 4. The first-order chi connectivity index (χ1) is 18.6. The zero-order valence-electron chi connectivity index (χ0n) is 23.1. The second-order valence-corrected chi connectivity index (χ2v) is 10.2. The predicted molar refractivity (Wildman–Crippen MR) is 151 cm³/mol. The van der Waals surface area contributed by atoms with Gasteiger partial charge in [-0.3, -0.25) is 9.59 Å². The van der Waals surface area contributed by atoms with Crippen LogP contribution in [0.1, 0.15) is 59.4 Å². The summed E-state index contributed by atoms with van der Waals surface area (Å²) in [4.78, 5) is 23.3. The van der Waals surface area contributed by atoms with E-state index in [1.807, 2.05) is 52.8 Å². The minimum atomic E-state index is -4.86. The molecule has 4 nitrogen and oxygen atoms in total. The van der Waals surface area contributed by atoms with Gasteiger partial charge in [0.15, 0.2) is 0 Å². The van der Waals surface area contributed by atoms with Gasteiger partial charge in [0, 0.05) is 0 Å². The van der Waals surface area contributed by atoms with E-state index in [-0.39, 0.29) is 27.1 Å². The summed E-state index contributed by atoms with van der Waals surface area (Å²) in [6, 6.07) is 5.55. The number of ketones is 2. The molecule has 2 aliphatic heterocycles. The zero-order chi connectivity index (χ0) is 30.7. The van der Waals surface area contributed by atoms with E-state index in [1.165, 1.54) is 0 Å². The molecule has 0 aromatic heterocycles. The summed E-state index contributed by atoms with van der Waals surface area (Å²) in [5.74, 6) is -3.44. The quantitative estimate of drug-likeness (QED) is 0.172. The van der Waals surface area contributed by atoms with Crippen LogP contribution in [0.25, 0.3) is 10.6 Å². The van der Waals surface area contributed by atoms with E-state index < -0.39 is 23.9 Å². The first kappa shape index (κ1) is 38.7. The van der Waals surface area contributed by atoms with Crippen LogP contribution < -0.4 is 0 Å². The van der Waals surface area contributed by atoms with Crippen LogP contribution in [0.4, 0.5) is 32.0 Å². The molecule has 229 valence electrons. The minimum absolute atomic E-state index is 0. The van der Waals surface area contributed by atoms with E-state index in [0.29, 0.717) is 29.5 Å². The van der Waals surface area contributed by atoms with Gasteiger partial charge in [0.25, 0.3) is 11.6 Å². The standard InChI is InChI=1S/C13H12F3NOS.C13H14F3NOS.C2H6.Cu/c1-7(2)8-3-4-9-10(5-8)19-12(17-9)6-11(18)13(14,15)16;1-3-5-7-10-9(6-4-2)17-12(19-10)8-11(18)13(14,15)16;1-2;/h3-7H,1-2H3,(H,17,18);4-8H,3H2,1-2H3,(H,17,18);1-2H3;/q;;;+2/p-2/b;6-4-,7-5+;;. The van der Waals surface area contributed by atoms with Gasteiger partial charge < -0.3 is 10.6 Å². The third-order valence-corrected chi connectivity index (χ3v) is 6.64. The van der Waals surface area contributed by atoms with Gasteiger partial charge in [0.05, 0.1) is 0 Å². The maximum atomic E-state index is 12.2. The molecular formula is C28H30CuF6N2O2S2. The van der Waals surface area contributed by atoms with Gasteiger partial charge in [-0.25, -0.2) is 0 Å². The Morgan fingerprint density at radius 2 is 1.44 bits per heavy atom. The molecular weight excluding hydrogens is 638 g/mol. The van der Waals surface area contributed by atoms with Gasteiger partial charge in [0.2, 0.25) is 0 Å². The van der Waals surface area contributed by atoms with Crippen LogP contribution in [0.15, 0.2) is 80.2 Å². The van der Waals surface area contributed by atoms with E-state index >= 15 is 0 Å². The molecule has 0 amide bonds. The molecule has 1 aromatic carbocycles. The van der Waals surface area contributed by atoms with Gasteiger partial charge in [-0.05, 0) is 52.8 Å². The summed E-state index contributed by atoms with van der Waals surface area (Å²) >= 11 is 2.14. The van der Waals surface area contributed by atoms with E-state index in [9.17, 15) is 35.9 Å². The Morgan fingerprint density at radius 3 is 1.90 bits per heavy atom. The predicted octanol–water partition coefficient (Wildman–Crippen LogP) is 10.8. The van der Waals surface area contributed by atoms with E-state index in [0.717, 1.165) is 45.3 Å². The monoisotopic (exact) mass is 667 g/mol. The first-order valence-electron chi connectivity index (χ1n) is 12.3. The SMILES string of the molecule is C/C=C\C1=C(/C=C/CC)S/C(=C/C(=O)C(F)(F)F)[N-]1.CC.CC(C)c1ccc2c(c1)S/C(=C/C(=O)C(F)(F)F)[N-]2.[Cu+2]. The molecule has 1 aromatic rings. The largest absolute Gasteiger partial charge is 2.00 e. The van der Waals surface area contributed by atoms with Crippen LogP contribution in [0.2, 0.25) is 0 Å². The number of benzene rings is 1. The van der Waals surface area contributed by atoms with Crippen molar-refractivity contribution in [3.05, 3.63) is 91.5 Å². The Balaban J connectivity index is 0.000000719. The van der Waals surface area contributed by atoms with Crippen molar-refractivity contribution in [3.8, 4) is 0 Å². The van der Waals surface area contributed by atoms with Crippen LogP contribution in [0.3, 0.4) is 0 Å². The van der Waals surface area contributed by atoms with Gasteiger partial charge in [0.1, 0.15) is 0 Å². The van der Waals surface area contributed by atoms with Crippen LogP contribution in [-0.4, -0.2) is 23.9 Å². The average molecular weight is 668 g/mol. The van der Waals surface area contributed by atoms with Crippen molar-refractivity contribution in [3.63, 3.8) is 0 Å². The van der Waals surface area contributed by atoms with Gasteiger partial charge in [-0.1, -0.05) is 81.1 Å². The van der Waals surface area contributed by atoms with Gasteiger partial charge in [-0.15, -0.1) is 34.9 Å². The number of allylic oxidation sites excluding steroid dienone is 6. The molecule has 0 spiro atoms. The summed E-state index contributed by atoms with van der Waals surface area (Å²) in [6.45, 7) is 11.8. The fraction of sp³-hybridized carbons (Fsp3) is 0.357. The van der Waals surface area contributed by atoms with E-state index in [4.69, 9.17) is 0 Å². The molecule has 2 aliphatic rings. The number of rotatable bonds is 6. The van der Waals surface area contributed by atoms with Crippen molar-refractivity contribution in [2.24, 2.45) is 0 Å². The molecule has 1 radical (unpaired) electrons. The van der Waals surface area contributed by atoms with Crippen LogP contribution in [0, 0.1) is 0 Å². The number of carbonyl (C=O) groups is 2. The third kappa shape index (κ3) is 12.6. The second kappa shape index (κ2) is 17.6. The van der Waals surface area contributed by atoms with Gasteiger partial charge >= 0.3 is 29.4 Å².